The Morgan fingerprint density at radius 2 is 1.80 bits per heavy atom. The molecule has 1 atom stereocenters. The predicted molar refractivity (Wildman–Crippen MR) is 103 cm³/mol. The van der Waals surface area contributed by atoms with Gasteiger partial charge in [-0.3, -0.25) is 0 Å². The third-order valence-corrected chi connectivity index (χ3v) is 4.74. The van der Waals surface area contributed by atoms with Crippen LogP contribution in [0.1, 0.15) is 18.5 Å². The van der Waals surface area contributed by atoms with Crippen LogP contribution >= 0.6 is 0 Å². The monoisotopic (exact) mass is 333 g/mol. The minimum atomic E-state index is 0.223. The highest BCUT2D eigenvalue weighted by atomic mass is 16.5. The van der Waals surface area contributed by atoms with E-state index in [0.717, 1.165) is 37.8 Å². The molecular weight excluding hydrogens is 310 g/mol. The van der Waals surface area contributed by atoms with Gasteiger partial charge in [-0.25, -0.2) is 4.98 Å². The molecule has 0 bridgehead atoms. The van der Waals surface area contributed by atoms with Crippen molar-refractivity contribution in [2.45, 2.75) is 13.0 Å². The molecule has 1 fully saturated rings. The van der Waals surface area contributed by atoms with Crippen LogP contribution in [0.2, 0.25) is 0 Å². The van der Waals surface area contributed by atoms with Gasteiger partial charge in [-0.2, -0.15) is 0 Å². The van der Waals surface area contributed by atoms with E-state index in [4.69, 9.17) is 4.74 Å². The normalized spacial score (nSPS) is 16.0. The number of anilines is 2. The Hall–Kier alpha value is -2.59. The van der Waals surface area contributed by atoms with E-state index in [0.29, 0.717) is 0 Å². The minimum absolute atomic E-state index is 0.223. The lowest BCUT2D eigenvalue weighted by Crippen LogP contribution is -2.36. The summed E-state index contributed by atoms with van der Waals surface area (Å²) in [5, 5.41) is 6.09. The number of benzene rings is 2. The van der Waals surface area contributed by atoms with Crippen LogP contribution in [0.5, 0.6) is 0 Å². The van der Waals surface area contributed by atoms with Crippen LogP contribution in [0.15, 0.2) is 60.8 Å². The fraction of sp³-hybridized carbons (Fsp3) is 0.286. The van der Waals surface area contributed by atoms with Gasteiger partial charge >= 0.3 is 0 Å². The Labute approximate surface area is 148 Å². The molecule has 0 aliphatic carbocycles. The maximum atomic E-state index is 5.40. The Kier molecular flexibility index (Phi) is 4.53. The fourth-order valence-corrected chi connectivity index (χ4v) is 3.26. The second-order valence-electron chi connectivity index (χ2n) is 6.48. The van der Waals surface area contributed by atoms with Crippen molar-refractivity contribution in [2.24, 2.45) is 0 Å². The number of nitrogens with zero attached hydrogens (tertiary/aromatic N) is 2. The first kappa shape index (κ1) is 15.9. The molecular formula is C21H23N3O. The van der Waals surface area contributed by atoms with Gasteiger partial charge in [0.05, 0.1) is 25.1 Å². The molecule has 0 radical (unpaired) electrons. The van der Waals surface area contributed by atoms with Gasteiger partial charge in [0.1, 0.15) is 5.82 Å². The lowest BCUT2D eigenvalue weighted by Gasteiger charge is -2.28. The Balaban J connectivity index is 1.46. The van der Waals surface area contributed by atoms with Gasteiger partial charge in [-0.05, 0) is 41.5 Å². The average molecular weight is 333 g/mol. The summed E-state index contributed by atoms with van der Waals surface area (Å²) in [6.45, 7) is 5.56. The number of morpholine rings is 1. The van der Waals surface area contributed by atoms with Gasteiger partial charge < -0.3 is 15.0 Å². The van der Waals surface area contributed by atoms with Gasteiger partial charge in [0.2, 0.25) is 0 Å². The molecule has 4 rings (SSSR count). The van der Waals surface area contributed by atoms with Crippen molar-refractivity contribution in [3.63, 3.8) is 0 Å². The molecule has 128 valence electrons. The van der Waals surface area contributed by atoms with E-state index in [1.54, 1.807) is 0 Å². The predicted octanol–water partition coefficient (Wildman–Crippen LogP) is 4.24. The molecule has 1 aliphatic rings. The highest BCUT2D eigenvalue weighted by molar-refractivity contribution is 5.83. The molecule has 2 aromatic carbocycles. The summed E-state index contributed by atoms with van der Waals surface area (Å²) in [7, 11) is 0. The van der Waals surface area contributed by atoms with Crippen molar-refractivity contribution in [2.75, 3.05) is 36.5 Å². The Morgan fingerprint density at radius 3 is 2.56 bits per heavy atom. The molecule has 25 heavy (non-hydrogen) atoms. The van der Waals surface area contributed by atoms with Crippen LogP contribution in [-0.4, -0.2) is 31.3 Å². The van der Waals surface area contributed by atoms with E-state index in [2.05, 4.69) is 76.7 Å². The highest BCUT2D eigenvalue weighted by Crippen LogP contribution is 2.24. The average Bonchev–Trinajstić information content (AvgIpc) is 2.69. The first-order chi connectivity index (χ1) is 12.3. The van der Waals surface area contributed by atoms with Crippen molar-refractivity contribution in [1.82, 2.24) is 4.98 Å². The van der Waals surface area contributed by atoms with Gasteiger partial charge in [0, 0.05) is 19.1 Å². The lowest BCUT2D eigenvalue weighted by molar-refractivity contribution is 0.122. The smallest absolute Gasteiger partial charge is 0.128 e. The van der Waals surface area contributed by atoms with E-state index < -0.39 is 0 Å². The molecule has 4 nitrogen and oxygen atoms in total. The maximum Gasteiger partial charge on any atom is 0.128 e. The van der Waals surface area contributed by atoms with Gasteiger partial charge in [-0.15, -0.1) is 0 Å². The van der Waals surface area contributed by atoms with E-state index in [1.807, 2.05) is 6.20 Å². The summed E-state index contributed by atoms with van der Waals surface area (Å²) in [6.07, 6.45) is 1.92. The topological polar surface area (TPSA) is 37.4 Å². The van der Waals surface area contributed by atoms with Crippen molar-refractivity contribution in [1.29, 1.82) is 0 Å². The Bertz CT molecular complexity index is 841. The summed E-state index contributed by atoms with van der Waals surface area (Å²) in [5.41, 5.74) is 2.31. The number of rotatable bonds is 4. The molecule has 1 aromatic heterocycles. The van der Waals surface area contributed by atoms with Crippen LogP contribution in [-0.2, 0) is 4.74 Å². The first-order valence-corrected chi connectivity index (χ1v) is 8.83. The Morgan fingerprint density at radius 1 is 1.00 bits per heavy atom. The summed E-state index contributed by atoms with van der Waals surface area (Å²) in [5.74, 6) is 1.02. The first-order valence-electron chi connectivity index (χ1n) is 8.83. The zero-order valence-corrected chi connectivity index (χ0v) is 14.5. The number of pyridine rings is 1. The quantitative estimate of drug-likeness (QED) is 0.775. The minimum Gasteiger partial charge on any atom is -0.378 e. The second-order valence-corrected chi connectivity index (χ2v) is 6.48. The van der Waals surface area contributed by atoms with Crippen molar-refractivity contribution in [3.8, 4) is 0 Å². The number of fused-ring (bicyclic) bond motifs is 1. The third-order valence-electron chi connectivity index (χ3n) is 4.74. The number of hydrogen-bond acceptors (Lipinski definition) is 4. The number of ether oxygens (including phenoxy) is 1. The molecule has 0 spiro atoms. The zero-order valence-electron chi connectivity index (χ0n) is 14.5. The standard InChI is InChI=1S/C21H23N3O/c1-16(18-7-6-17-4-2-3-5-19(17)14-18)23-20-8-9-21(22-15-20)24-10-12-25-13-11-24/h2-9,14-16,23H,10-13H2,1H3. The van der Waals surface area contributed by atoms with Crippen molar-refractivity contribution in [3.05, 3.63) is 66.4 Å². The van der Waals surface area contributed by atoms with Gasteiger partial charge in [0.15, 0.2) is 0 Å². The third kappa shape index (κ3) is 3.59. The van der Waals surface area contributed by atoms with Gasteiger partial charge in [0.25, 0.3) is 0 Å². The molecule has 3 aromatic rings. The van der Waals surface area contributed by atoms with Crippen LogP contribution in [0.25, 0.3) is 10.8 Å². The van der Waals surface area contributed by atoms with E-state index in [1.165, 1.54) is 16.3 Å². The SMILES string of the molecule is CC(Nc1ccc(N2CCOCC2)nc1)c1ccc2ccccc2c1. The van der Waals surface area contributed by atoms with E-state index in [9.17, 15) is 0 Å². The molecule has 1 N–H and O–H groups in total. The van der Waals surface area contributed by atoms with E-state index >= 15 is 0 Å². The van der Waals surface area contributed by atoms with Crippen LogP contribution in [0.3, 0.4) is 0 Å². The largest absolute Gasteiger partial charge is 0.378 e. The van der Waals surface area contributed by atoms with Crippen molar-refractivity contribution < 1.29 is 4.74 Å². The lowest BCUT2D eigenvalue weighted by atomic mass is 10.0. The summed E-state index contributed by atoms with van der Waals surface area (Å²) in [4.78, 5) is 6.87. The molecule has 0 amide bonds. The maximum absolute atomic E-state index is 5.40. The number of aromatic nitrogens is 1. The molecule has 1 aliphatic heterocycles. The van der Waals surface area contributed by atoms with E-state index in [-0.39, 0.29) is 6.04 Å². The molecule has 2 heterocycles. The molecule has 1 saturated heterocycles. The van der Waals surface area contributed by atoms with Crippen LogP contribution in [0.4, 0.5) is 11.5 Å². The number of nitrogens with one attached hydrogen (secondary N) is 1. The summed E-state index contributed by atoms with van der Waals surface area (Å²) < 4.78 is 5.40. The highest BCUT2D eigenvalue weighted by Gasteiger charge is 2.12. The fourth-order valence-electron chi connectivity index (χ4n) is 3.26. The molecule has 0 saturated carbocycles. The summed E-state index contributed by atoms with van der Waals surface area (Å²) in [6, 6.07) is 19.5. The molecule has 4 heteroatoms. The number of hydrogen-bond donors (Lipinski definition) is 1. The van der Waals surface area contributed by atoms with Gasteiger partial charge in [-0.1, -0.05) is 36.4 Å². The zero-order chi connectivity index (χ0) is 17.1. The van der Waals surface area contributed by atoms with Crippen LogP contribution < -0.4 is 10.2 Å². The van der Waals surface area contributed by atoms with Crippen molar-refractivity contribution >= 4 is 22.3 Å². The van der Waals surface area contributed by atoms with Crippen LogP contribution in [0, 0.1) is 0 Å². The second kappa shape index (κ2) is 7.11. The summed E-state index contributed by atoms with van der Waals surface area (Å²) >= 11 is 0. The molecule has 1 unspecified atom stereocenters.